The number of H-pyrrole nitrogens is 2. The fourth-order valence-corrected chi connectivity index (χ4v) is 2.32. The van der Waals surface area contributed by atoms with Gasteiger partial charge in [-0.2, -0.15) is 0 Å². The van der Waals surface area contributed by atoms with Gasteiger partial charge in [-0.25, -0.2) is 24.3 Å². The summed E-state index contributed by atoms with van der Waals surface area (Å²) in [6.45, 7) is 26.4. The Balaban J connectivity index is 0.000000483. The van der Waals surface area contributed by atoms with Crippen LogP contribution in [0, 0.1) is 12.1 Å². The minimum atomic E-state index is 0. The van der Waals surface area contributed by atoms with Crippen LogP contribution in [0.4, 0.5) is 0 Å². The second-order valence-electron chi connectivity index (χ2n) is 11.4. The number of hydrogen-bond donors (Lipinski definition) is 2. The Bertz CT molecular complexity index is 573. The summed E-state index contributed by atoms with van der Waals surface area (Å²) in [6, 6.07) is 10.7. The first-order valence-corrected chi connectivity index (χ1v) is 9.65. The molecule has 0 atom stereocenters. The number of rotatable bonds is 0. The maximum Gasteiger partial charge on any atom is 2.00 e. The van der Waals surface area contributed by atoms with Crippen LogP contribution in [0.3, 0.4) is 0 Å². The molecule has 0 aliphatic heterocycles. The maximum absolute atomic E-state index is 3.44. The van der Waals surface area contributed by atoms with Gasteiger partial charge in [0.15, 0.2) is 0 Å². The van der Waals surface area contributed by atoms with Crippen molar-refractivity contribution in [3.63, 3.8) is 0 Å². The first-order valence-electron chi connectivity index (χ1n) is 9.65. The number of aromatic amines is 2. The standard InChI is InChI=1S/2C12H20N.Ba/c2*1-11(2,3)9-7-8-10(13-9)12(4,5)6;/h2*7,13H,1-6H3;/q2*-1;+2. The van der Waals surface area contributed by atoms with E-state index in [-0.39, 0.29) is 70.5 Å². The Hall–Kier alpha value is 0.131. The van der Waals surface area contributed by atoms with Crippen LogP contribution in [-0.2, 0) is 21.7 Å². The van der Waals surface area contributed by atoms with Crippen LogP contribution >= 0.6 is 0 Å². The number of hydrogen-bond acceptors (Lipinski definition) is 0. The smallest absolute Gasteiger partial charge is 0.454 e. The van der Waals surface area contributed by atoms with Gasteiger partial charge in [-0.1, -0.05) is 105 Å². The van der Waals surface area contributed by atoms with Gasteiger partial charge in [0.25, 0.3) is 0 Å². The molecule has 2 heterocycles. The van der Waals surface area contributed by atoms with Crippen molar-refractivity contribution in [3.8, 4) is 0 Å². The summed E-state index contributed by atoms with van der Waals surface area (Å²) in [5, 5.41) is 0. The molecular weight excluding hydrogens is 454 g/mol. The van der Waals surface area contributed by atoms with Crippen LogP contribution in [0.15, 0.2) is 12.1 Å². The van der Waals surface area contributed by atoms with Crippen molar-refractivity contribution in [2.45, 2.75) is 105 Å². The zero-order chi connectivity index (χ0) is 20.6. The minimum absolute atomic E-state index is 0. The van der Waals surface area contributed by atoms with Gasteiger partial charge in [-0.3, -0.25) is 0 Å². The van der Waals surface area contributed by atoms with E-state index in [0.29, 0.717) is 0 Å². The molecule has 0 saturated carbocycles. The molecule has 0 aliphatic carbocycles. The van der Waals surface area contributed by atoms with Crippen LogP contribution in [0.1, 0.15) is 106 Å². The predicted octanol–water partition coefficient (Wildman–Crippen LogP) is 6.44. The normalized spacial score (nSPS) is 12.9. The second-order valence-corrected chi connectivity index (χ2v) is 11.4. The van der Waals surface area contributed by atoms with Gasteiger partial charge < -0.3 is 9.97 Å². The summed E-state index contributed by atoms with van der Waals surface area (Å²) in [7, 11) is 0. The van der Waals surface area contributed by atoms with E-state index < -0.39 is 0 Å². The van der Waals surface area contributed by atoms with E-state index in [9.17, 15) is 0 Å². The first kappa shape index (κ1) is 27.1. The van der Waals surface area contributed by atoms with E-state index in [1.54, 1.807) is 0 Å². The Morgan fingerprint density at radius 2 is 0.778 bits per heavy atom. The van der Waals surface area contributed by atoms with Crippen molar-refractivity contribution in [1.29, 1.82) is 0 Å². The molecule has 3 heteroatoms. The average Bonchev–Trinajstić information content (AvgIpc) is 3.06. The fraction of sp³-hybridized carbons (Fsp3) is 0.667. The molecule has 148 valence electrons. The molecule has 0 aliphatic rings. The van der Waals surface area contributed by atoms with Crippen molar-refractivity contribution in [2.75, 3.05) is 0 Å². The SMILES string of the molecule is CC(C)(C)c1[c-]cc(C(C)(C)C)[nH]1.CC(C)(C)c1[c-]cc(C(C)(C)C)[nH]1.[Ba+2]. The third-order valence-corrected chi connectivity index (χ3v) is 4.36. The fourth-order valence-electron chi connectivity index (χ4n) is 2.32. The molecule has 0 aromatic carbocycles. The Labute approximate surface area is 208 Å². The molecule has 2 aromatic rings. The molecule has 0 saturated heterocycles. The van der Waals surface area contributed by atoms with Gasteiger partial charge in [-0.05, 0) is 10.8 Å². The van der Waals surface area contributed by atoms with Gasteiger partial charge in [0, 0.05) is 0 Å². The molecule has 0 unspecified atom stereocenters. The topological polar surface area (TPSA) is 31.6 Å². The van der Waals surface area contributed by atoms with Crippen molar-refractivity contribution < 1.29 is 0 Å². The molecule has 0 radical (unpaired) electrons. The van der Waals surface area contributed by atoms with Crippen molar-refractivity contribution in [2.24, 2.45) is 0 Å². The number of nitrogens with one attached hydrogen (secondary N) is 2. The summed E-state index contributed by atoms with van der Waals surface area (Å²) in [5.74, 6) is 0. The largest absolute Gasteiger partial charge is 2.00 e. The summed E-state index contributed by atoms with van der Waals surface area (Å²) in [4.78, 5) is 6.88. The van der Waals surface area contributed by atoms with Crippen molar-refractivity contribution in [1.82, 2.24) is 9.97 Å². The molecule has 0 amide bonds. The summed E-state index contributed by atoms with van der Waals surface area (Å²) < 4.78 is 0. The molecule has 2 N–H and O–H groups in total. The summed E-state index contributed by atoms with van der Waals surface area (Å²) in [6.07, 6.45) is 0. The van der Waals surface area contributed by atoms with E-state index in [1.807, 2.05) is 0 Å². The van der Waals surface area contributed by atoms with E-state index in [4.69, 9.17) is 0 Å². The van der Waals surface area contributed by atoms with E-state index in [2.05, 4.69) is 117 Å². The Morgan fingerprint density at radius 1 is 0.519 bits per heavy atom. The summed E-state index contributed by atoms with van der Waals surface area (Å²) in [5.41, 5.74) is 5.64. The van der Waals surface area contributed by atoms with E-state index >= 15 is 0 Å². The molecule has 0 fully saturated rings. The quantitative estimate of drug-likeness (QED) is 0.313. The molecular formula is C24H40BaN2. The van der Waals surface area contributed by atoms with Gasteiger partial charge in [0.2, 0.25) is 0 Å². The molecule has 0 bridgehead atoms. The molecule has 27 heavy (non-hydrogen) atoms. The van der Waals surface area contributed by atoms with Gasteiger partial charge in [0.05, 0.1) is 0 Å². The second kappa shape index (κ2) is 9.30. The van der Waals surface area contributed by atoms with Crippen LogP contribution in [-0.4, -0.2) is 58.8 Å². The van der Waals surface area contributed by atoms with Gasteiger partial charge >= 0.3 is 48.9 Å². The van der Waals surface area contributed by atoms with Crippen LogP contribution in [0.25, 0.3) is 0 Å². The Kier molecular flexibility index (Phi) is 9.34. The summed E-state index contributed by atoms with van der Waals surface area (Å²) >= 11 is 0. The van der Waals surface area contributed by atoms with E-state index in [1.165, 1.54) is 22.8 Å². The van der Waals surface area contributed by atoms with Gasteiger partial charge in [0.1, 0.15) is 0 Å². The van der Waals surface area contributed by atoms with Crippen molar-refractivity contribution >= 4 is 48.9 Å². The first-order chi connectivity index (χ1) is 11.4. The molecule has 2 rings (SSSR count). The molecule has 0 spiro atoms. The Morgan fingerprint density at radius 3 is 0.889 bits per heavy atom. The van der Waals surface area contributed by atoms with Crippen LogP contribution in [0.5, 0.6) is 0 Å². The number of aromatic nitrogens is 2. The van der Waals surface area contributed by atoms with Gasteiger partial charge in [-0.15, -0.1) is 11.4 Å². The third-order valence-electron chi connectivity index (χ3n) is 4.36. The average molecular weight is 494 g/mol. The van der Waals surface area contributed by atoms with Crippen LogP contribution < -0.4 is 0 Å². The minimum Gasteiger partial charge on any atom is -0.454 e. The molecule has 2 nitrogen and oxygen atoms in total. The predicted molar refractivity (Wildman–Crippen MR) is 120 cm³/mol. The van der Waals surface area contributed by atoms with E-state index in [0.717, 1.165) is 0 Å². The van der Waals surface area contributed by atoms with Crippen molar-refractivity contribution in [3.05, 3.63) is 47.0 Å². The zero-order valence-corrected chi connectivity index (χ0v) is 24.3. The van der Waals surface area contributed by atoms with Crippen LogP contribution in [0.2, 0.25) is 0 Å². The third kappa shape index (κ3) is 8.57. The maximum atomic E-state index is 3.44. The molecule has 2 aromatic heterocycles. The zero-order valence-electron chi connectivity index (χ0n) is 19.9. The monoisotopic (exact) mass is 494 g/mol.